The van der Waals surface area contributed by atoms with Gasteiger partial charge in [-0.05, 0) is 48.7 Å². The summed E-state index contributed by atoms with van der Waals surface area (Å²) in [5, 5.41) is 12.4. The van der Waals surface area contributed by atoms with Crippen molar-refractivity contribution in [2.24, 2.45) is 0 Å². The Morgan fingerprint density at radius 1 is 1.26 bits per heavy atom. The van der Waals surface area contributed by atoms with Gasteiger partial charge in [0.2, 0.25) is 0 Å². The predicted molar refractivity (Wildman–Crippen MR) is 73.0 cm³/mol. The fourth-order valence-corrected chi connectivity index (χ4v) is 1.71. The summed E-state index contributed by atoms with van der Waals surface area (Å²) in [6, 6.07) is 6.79. The molecular weight excluding hydrogens is 240 g/mol. The first kappa shape index (κ1) is 13.1. The third-order valence-electron chi connectivity index (χ3n) is 3.06. The molecule has 19 heavy (non-hydrogen) atoms. The Labute approximate surface area is 112 Å². The number of benzene rings is 1. The molecule has 2 rings (SSSR count). The minimum absolute atomic E-state index is 0.130. The van der Waals surface area contributed by atoms with Gasteiger partial charge in [-0.15, -0.1) is 0 Å². The molecule has 0 aliphatic heterocycles. The number of rotatable bonds is 3. The highest BCUT2D eigenvalue weighted by atomic mass is 16.3. The molecule has 0 radical (unpaired) electrons. The van der Waals surface area contributed by atoms with Gasteiger partial charge in [-0.1, -0.05) is 6.07 Å². The number of nitrogens with zero attached hydrogens (tertiary/aromatic N) is 1. The number of pyridine rings is 1. The molecule has 4 nitrogen and oxygen atoms in total. The minimum Gasteiger partial charge on any atom is -0.508 e. The van der Waals surface area contributed by atoms with Crippen LogP contribution in [0.4, 0.5) is 0 Å². The molecule has 2 aromatic rings. The standard InChI is InChI=1S/C15H16N2O2/c1-10-5-6-16-8-13(10)9-17-15(19)12-4-3-11(2)14(18)7-12/h3-8,18H,9H2,1-2H3,(H,17,19). The zero-order valence-corrected chi connectivity index (χ0v) is 11.0. The van der Waals surface area contributed by atoms with Crippen molar-refractivity contribution < 1.29 is 9.90 Å². The highest BCUT2D eigenvalue weighted by Gasteiger charge is 2.08. The molecule has 0 aliphatic rings. The molecule has 1 aromatic heterocycles. The fraction of sp³-hybridized carbons (Fsp3) is 0.200. The second kappa shape index (κ2) is 5.52. The topological polar surface area (TPSA) is 62.2 Å². The van der Waals surface area contributed by atoms with Crippen LogP contribution in [0.3, 0.4) is 0 Å². The summed E-state index contributed by atoms with van der Waals surface area (Å²) in [5.41, 5.74) is 3.26. The van der Waals surface area contributed by atoms with Gasteiger partial charge in [-0.25, -0.2) is 0 Å². The molecule has 0 fully saturated rings. The molecule has 0 atom stereocenters. The van der Waals surface area contributed by atoms with Crippen LogP contribution in [0.5, 0.6) is 5.75 Å². The van der Waals surface area contributed by atoms with E-state index in [1.807, 2.05) is 13.0 Å². The molecule has 98 valence electrons. The van der Waals surface area contributed by atoms with Crippen LogP contribution in [0.1, 0.15) is 27.0 Å². The van der Waals surface area contributed by atoms with Crippen molar-refractivity contribution in [1.29, 1.82) is 0 Å². The molecule has 0 bridgehead atoms. The van der Waals surface area contributed by atoms with Gasteiger partial charge < -0.3 is 10.4 Å². The van der Waals surface area contributed by atoms with E-state index in [1.54, 1.807) is 31.5 Å². The van der Waals surface area contributed by atoms with Crippen molar-refractivity contribution in [3.63, 3.8) is 0 Å². The maximum atomic E-state index is 12.0. The Kier molecular flexibility index (Phi) is 3.80. The van der Waals surface area contributed by atoms with Crippen molar-refractivity contribution >= 4 is 5.91 Å². The quantitative estimate of drug-likeness (QED) is 0.886. The monoisotopic (exact) mass is 256 g/mol. The van der Waals surface area contributed by atoms with E-state index in [-0.39, 0.29) is 11.7 Å². The smallest absolute Gasteiger partial charge is 0.251 e. The third-order valence-corrected chi connectivity index (χ3v) is 3.06. The number of aromatic nitrogens is 1. The molecule has 0 saturated carbocycles. The predicted octanol–water partition coefficient (Wildman–Crippen LogP) is 2.33. The van der Waals surface area contributed by atoms with Gasteiger partial charge >= 0.3 is 0 Å². The molecule has 0 aliphatic carbocycles. The van der Waals surface area contributed by atoms with Crippen LogP contribution in [0.15, 0.2) is 36.7 Å². The molecule has 4 heteroatoms. The molecule has 1 heterocycles. The zero-order valence-electron chi connectivity index (χ0n) is 11.0. The normalized spacial score (nSPS) is 10.2. The number of hydrogen-bond acceptors (Lipinski definition) is 3. The van der Waals surface area contributed by atoms with Gasteiger partial charge in [0.05, 0.1) is 0 Å². The molecule has 1 amide bonds. The van der Waals surface area contributed by atoms with E-state index in [0.29, 0.717) is 12.1 Å². The second-order valence-corrected chi connectivity index (χ2v) is 4.49. The first-order valence-electron chi connectivity index (χ1n) is 6.05. The van der Waals surface area contributed by atoms with E-state index in [0.717, 1.165) is 16.7 Å². The maximum Gasteiger partial charge on any atom is 0.251 e. The van der Waals surface area contributed by atoms with Gasteiger partial charge in [0.15, 0.2) is 0 Å². The number of carbonyl (C=O) groups is 1. The Morgan fingerprint density at radius 3 is 2.74 bits per heavy atom. The molecule has 0 unspecified atom stereocenters. The van der Waals surface area contributed by atoms with Gasteiger partial charge in [-0.3, -0.25) is 9.78 Å². The zero-order chi connectivity index (χ0) is 13.8. The largest absolute Gasteiger partial charge is 0.508 e. The van der Waals surface area contributed by atoms with Gasteiger partial charge in [0.1, 0.15) is 5.75 Å². The summed E-state index contributed by atoms with van der Waals surface area (Å²) in [6.07, 6.45) is 3.46. The number of phenols is 1. The van der Waals surface area contributed by atoms with Crippen LogP contribution in [-0.2, 0) is 6.54 Å². The number of carbonyl (C=O) groups excluding carboxylic acids is 1. The molecule has 2 N–H and O–H groups in total. The summed E-state index contributed by atoms with van der Waals surface area (Å²) < 4.78 is 0. The van der Waals surface area contributed by atoms with Crippen molar-refractivity contribution in [2.75, 3.05) is 0 Å². The van der Waals surface area contributed by atoms with E-state index in [9.17, 15) is 9.90 Å². The number of nitrogens with one attached hydrogen (secondary N) is 1. The number of amides is 1. The number of hydrogen-bond donors (Lipinski definition) is 2. The number of phenolic OH excluding ortho intramolecular Hbond substituents is 1. The van der Waals surface area contributed by atoms with Crippen LogP contribution in [-0.4, -0.2) is 16.0 Å². The van der Waals surface area contributed by atoms with Crippen molar-refractivity contribution in [1.82, 2.24) is 10.3 Å². The SMILES string of the molecule is Cc1ccc(C(=O)NCc2cnccc2C)cc1O. The van der Waals surface area contributed by atoms with E-state index < -0.39 is 0 Å². The Hall–Kier alpha value is -2.36. The van der Waals surface area contributed by atoms with E-state index in [2.05, 4.69) is 10.3 Å². The Bertz CT molecular complexity index is 609. The number of aryl methyl sites for hydroxylation is 2. The summed E-state index contributed by atoms with van der Waals surface area (Å²) in [7, 11) is 0. The van der Waals surface area contributed by atoms with Crippen LogP contribution >= 0.6 is 0 Å². The molecule has 0 saturated heterocycles. The minimum atomic E-state index is -0.210. The lowest BCUT2D eigenvalue weighted by molar-refractivity contribution is 0.0950. The fourth-order valence-electron chi connectivity index (χ4n) is 1.71. The van der Waals surface area contributed by atoms with Crippen LogP contribution in [0.2, 0.25) is 0 Å². The van der Waals surface area contributed by atoms with Gasteiger partial charge in [0, 0.05) is 24.5 Å². The van der Waals surface area contributed by atoms with Gasteiger partial charge in [0.25, 0.3) is 5.91 Å². The lowest BCUT2D eigenvalue weighted by atomic mass is 10.1. The van der Waals surface area contributed by atoms with Crippen LogP contribution in [0.25, 0.3) is 0 Å². The highest BCUT2D eigenvalue weighted by molar-refractivity contribution is 5.94. The summed E-state index contributed by atoms with van der Waals surface area (Å²) in [5.74, 6) is -0.0799. The first-order valence-corrected chi connectivity index (χ1v) is 6.05. The molecular formula is C15H16N2O2. The van der Waals surface area contributed by atoms with Crippen molar-refractivity contribution in [2.45, 2.75) is 20.4 Å². The average Bonchev–Trinajstić information content (AvgIpc) is 2.40. The maximum absolute atomic E-state index is 12.0. The average molecular weight is 256 g/mol. The second-order valence-electron chi connectivity index (χ2n) is 4.49. The van der Waals surface area contributed by atoms with Crippen LogP contribution in [0, 0.1) is 13.8 Å². The van der Waals surface area contributed by atoms with Crippen LogP contribution < -0.4 is 5.32 Å². The summed E-state index contributed by atoms with van der Waals surface area (Å²) >= 11 is 0. The highest BCUT2D eigenvalue weighted by Crippen LogP contribution is 2.17. The van der Waals surface area contributed by atoms with Gasteiger partial charge in [-0.2, -0.15) is 0 Å². The summed E-state index contributed by atoms with van der Waals surface area (Å²) in [6.45, 7) is 4.18. The van der Waals surface area contributed by atoms with Crippen molar-refractivity contribution in [3.05, 3.63) is 58.9 Å². The molecule has 0 spiro atoms. The summed E-state index contributed by atoms with van der Waals surface area (Å²) in [4.78, 5) is 16.0. The Balaban J connectivity index is 2.05. The van der Waals surface area contributed by atoms with E-state index in [1.165, 1.54) is 6.07 Å². The van der Waals surface area contributed by atoms with E-state index >= 15 is 0 Å². The number of aromatic hydroxyl groups is 1. The lowest BCUT2D eigenvalue weighted by Crippen LogP contribution is -2.23. The first-order chi connectivity index (χ1) is 9.08. The van der Waals surface area contributed by atoms with Crippen molar-refractivity contribution in [3.8, 4) is 5.75 Å². The third kappa shape index (κ3) is 3.10. The molecule has 1 aromatic carbocycles. The Morgan fingerprint density at radius 2 is 2.05 bits per heavy atom. The van der Waals surface area contributed by atoms with E-state index in [4.69, 9.17) is 0 Å². The lowest BCUT2D eigenvalue weighted by Gasteiger charge is -2.08.